The van der Waals surface area contributed by atoms with Gasteiger partial charge in [-0.25, -0.2) is 0 Å². The second kappa shape index (κ2) is 9.23. The Labute approximate surface area is 175 Å². The molecule has 0 unspecified atom stereocenters. The van der Waals surface area contributed by atoms with Crippen molar-refractivity contribution >= 4 is 35.0 Å². The maximum absolute atomic E-state index is 12.3. The summed E-state index contributed by atoms with van der Waals surface area (Å²) in [7, 11) is 0. The van der Waals surface area contributed by atoms with E-state index in [-0.39, 0.29) is 22.4 Å². The summed E-state index contributed by atoms with van der Waals surface area (Å²) >= 11 is 7.12. The third kappa shape index (κ3) is 5.45. The highest BCUT2D eigenvalue weighted by molar-refractivity contribution is 7.99. The van der Waals surface area contributed by atoms with Gasteiger partial charge in [0.2, 0.25) is 5.91 Å². The van der Waals surface area contributed by atoms with E-state index in [9.17, 15) is 13.6 Å². The van der Waals surface area contributed by atoms with Crippen molar-refractivity contribution < 1.29 is 18.3 Å². The first-order chi connectivity index (χ1) is 13.8. The van der Waals surface area contributed by atoms with Gasteiger partial charge in [-0.15, -0.1) is 10.2 Å². The van der Waals surface area contributed by atoms with Crippen LogP contribution in [0.3, 0.4) is 0 Å². The molecular formula is C19H17ClF2N4O2S. The zero-order valence-electron chi connectivity index (χ0n) is 15.5. The molecule has 0 radical (unpaired) electrons. The number of nitrogens with zero attached hydrogens (tertiary/aromatic N) is 3. The average Bonchev–Trinajstić information content (AvgIpc) is 3.10. The first-order valence-corrected chi connectivity index (χ1v) is 9.84. The molecule has 0 bridgehead atoms. The number of aromatic nitrogens is 3. The van der Waals surface area contributed by atoms with Gasteiger partial charge in [0.1, 0.15) is 12.1 Å². The van der Waals surface area contributed by atoms with Crippen molar-refractivity contribution in [3.8, 4) is 11.4 Å². The summed E-state index contributed by atoms with van der Waals surface area (Å²) in [6.45, 7) is 1.04. The second-order valence-electron chi connectivity index (χ2n) is 6.13. The molecule has 1 N–H and O–H groups in total. The van der Waals surface area contributed by atoms with Crippen molar-refractivity contribution in [2.24, 2.45) is 0 Å². The van der Waals surface area contributed by atoms with Crippen LogP contribution in [0.15, 0.2) is 47.9 Å². The average molecular weight is 439 g/mol. The minimum Gasteiger partial charge on any atom is -0.433 e. The predicted octanol–water partition coefficient (Wildman–Crippen LogP) is 4.87. The molecule has 29 heavy (non-hydrogen) atoms. The summed E-state index contributed by atoms with van der Waals surface area (Å²) in [5, 5.41) is 11.2. The number of benzene rings is 2. The standard InChI is InChI=1S/C19H17ClF2N4O2S/c1-11-3-5-15(12(2)7-11)26-10-23-25-19(26)29-9-17(27)24-13-4-6-16(14(20)8-13)28-18(21)22/h3-8,10,18H,9H2,1-2H3,(H,24,27). The lowest BCUT2D eigenvalue weighted by atomic mass is 10.1. The fourth-order valence-electron chi connectivity index (χ4n) is 2.66. The molecule has 0 aliphatic heterocycles. The molecule has 1 heterocycles. The fraction of sp³-hybridized carbons (Fsp3) is 0.211. The molecule has 6 nitrogen and oxygen atoms in total. The van der Waals surface area contributed by atoms with Crippen LogP contribution in [-0.4, -0.2) is 33.0 Å². The molecule has 152 valence electrons. The van der Waals surface area contributed by atoms with Crippen molar-refractivity contribution in [2.75, 3.05) is 11.1 Å². The molecule has 0 fully saturated rings. The number of rotatable bonds is 7. The van der Waals surface area contributed by atoms with Crippen LogP contribution in [-0.2, 0) is 4.79 Å². The van der Waals surface area contributed by atoms with Crippen LogP contribution in [0.1, 0.15) is 11.1 Å². The second-order valence-corrected chi connectivity index (χ2v) is 7.48. The van der Waals surface area contributed by atoms with Crippen LogP contribution >= 0.6 is 23.4 Å². The van der Waals surface area contributed by atoms with Crippen molar-refractivity contribution in [2.45, 2.75) is 25.6 Å². The number of aryl methyl sites for hydroxylation is 2. The quantitative estimate of drug-likeness (QED) is 0.533. The van der Waals surface area contributed by atoms with Crippen LogP contribution in [0.5, 0.6) is 5.75 Å². The fourth-order valence-corrected chi connectivity index (χ4v) is 3.61. The number of hydrogen-bond donors (Lipinski definition) is 1. The SMILES string of the molecule is Cc1ccc(-n2cnnc2SCC(=O)Nc2ccc(OC(F)F)c(Cl)c2)c(C)c1. The van der Waals surface area contributed by atoms with E-state index in [4.69, 9.17) is 11.6 Å². The van der Waals surface area contributed by atoms with Gasteiger partial charge in [0.25, 0.3) is 0 Å². The molecule has 3 rings (SSSR count). The van der Waals surface area contributed by atoms with Crippen molar-refractivity contribution in [3.05, 3.63) is 58.9 Å². The summed E-state index contributed by atoms with van der Waals surface area (Å²) < 4.78 is 30.7. The molecule has 10 heteroatoms. The van der Waals surface area contributed by atoms with Crippen molar-refractivity contribution in [1.82, 2.24) is 14.8 Å². The molecule has 2 aromatic carbocycles. The third-order valence-corrected chi connectivity index (χ3v) is 5.13. The topological polar surface area (TPSA) is 69.0 Å². The van der Waals surface area contributed by atoms with Crippen LogP contribution < -0.4 is 10.1 Å². The Kier molecular flexibility index (Phi) is 6.71. The minimum absolute atomic E-state index is 0.0228. The Morgan fingerprint density at radius 1 is 1.28 bits per heavy atom. The number of hydrogen-bond acceptors (Lipinski definition) is 5. The number of halogens is 3. The van der Waals surface area contributed by atoms with Crippen LogP contribution in [0.2, 0.25) is 5.02 Å². The van der Waals surface area contributed by atoms with Crippen LogP contribution in [0.4, 0.5) is 14.5 Å². The highest BCUT2D eigenvalue weighted by Crippen LogP contribution is 2.29. The zero-order chi connectivity index (χ0) is 21.0. The summed E-state index contributed by atoms with van der Waals surface area (Å²) in [6, 6.07) is 10.1. The van der Waals surface area contributed by atoms with Crippen LogP contribution in [0.25, 0.3) is 5.69 Å². The molecule has 0 aliphatic rings. The molecule has 0 saturated carbocycles. The van der Waals surface area contributed by atoms with E-state index >= 15 is 0 Å². The summed E-state index contributed by atoms with van der Waals surface area (Å²) in [6.07, 6.45) is 1.60. The normalized spacial score (nSPS) is 11.0. The molecule has 0 aliphatic carbocycles. The van der Waals surface area contributed by atoms with E-state index in [0.29, 0.717) is 10.8 Å². The molecule has 0 saturated heterocycles. The summed E-state index contributed by atoms with van der Waals surface area (Å²) in [5.41, 5.74) is 3.52. The number of nitrogens with one attached hydrogen (secondary N) is 1. The Morgan fingerprint density at radius 2 is 2.07 bits per heavy atom. The van der Waals surface area contributed by atoms with Gasteiger partial charge in [-0.2, -0.15) is 8.78 Å². The smallest absolute Gasteiger partial charge is 0.387 e. The highest BCUT2D eigenvalue weighted by atomic mass is 35.5. The Morgan fingerprint density at radius 3 is 2.76 bits per heavy atom. The van der Waals surface area contributed by atoms with Crippen molar-refractivity contribution in [3.63, 3.8) is 0 Å². The van der Waals surface area contributed by atoms with Gasteiger partial charge >= 0.3 is 6.61 Å². The van der Waals surface area contributed by atoms with E-state index in [1.165, 1.54) is 30.0 Å². The maximum atomic E-state index is 12.3. The molecule has 1 aromatic heterocycles. The summed E-state index contributed by atoms with van der Waals surface area (Å²) in [5.74, 6) is -0.379. The lowest BCUT2D eigenvalue weighted by Gasteiger charge is -2.11. The number of alkyl halides is 2. The number of amides is 1. The van der Waals surface area contributed by atoms with E-state index in [0.717, 1.165) is 16.8 Å². The first kappa shape index (κ1) is 21.1. The molecule has 1 amide bonds. The Balaban J connectivity index is 1.63. The number of carbonyl (C=O) groups is 1. The lowest BCUT2D eigenvalue weighted by molar-refractivity contribution is -0.113. The molecular weight excluding hydrogens is 422 g/mol. The van der Waals surface area contributed by atoms with Gasteiger partial charge in [-0.1, -0.05) is 41.1 Å². The largest absolute Gasteiger partial charge is 0.433 e. The molecule has 0 atom stereocenters. The number of anilines is 1. The van der Waals surface area contributed by atoms with Gasteiger partial charge in [-0.05, 0) is 43.7 Å². The van der Waals surface area contributed by atoms with Gasteiger partial charge < -0.3 is 10.1 Å². The number of carbonyl (C=O) groups excluding carboxylic acids is 1. The van der Waals surface area contributed by atoms with Gasteiger partial charge in [0, 0.05) is 5.69 Å². The minimum atomic E-state index is -2.97. The predicted molar refractivity (Wildman–Crippen MR) is 108 cm³/mol. The number of ether oxygens (including phenoxy) is 1. The van der Waals surface area contributed by atoms with E-state index in [1.54, 1.807) is 6.33 Å². The Bertz CT molecular complexity index is 1030. The van der Waals surface area contributed by atoms with E-state index in [1.807, 2.05) is 30.5 Å². The zero-order valence-corrected chi connectivity index (χ0v) is 17.1. The van der Waals surface area contributed by atoms with Gasteiger partial charge in [0.15, 0.2) is 5.16 Å². The van der Waals surface area contributed by atoms with Crippen LogP contribution in [0, 0.1) is 13.8 Å². The Hall–Kier alpha value is -2.65. The van der Waals surface area contributed by atoms with Gasteiger partial charge in [0.05, 0.1) is 16.5 Å². The first-order valence-electron chi connectivity index (χ1n) is 8.48. The molecule has 3 aromatic rings. The maximum Gasteiger partial charge on any atom is 0.387 e. The highest BCUT2D eigenvalue weighted by Gasteiger charge is 2.13. The summed E-state index contributed by atoms with van der Waals surface area (Å²) in [4.78, 5) is 12.3. The lowest BCUT2D eigenvalue weighted by Crippen LogP contribution is -2.14. The number of thioether (sulfide) groups is 1. The molecule has 0 spiro atoms. The third-order valence-electron chi connectivity index (χ3n) is 3.89. The van der Waals surface area contributed by atoms with E-state index < -0.39 is 6.61 Å². The van der Waals surface area contributed by atoms with Gasteiger partial charge in [-0.3, -0.25) is 9.36 Å². The van der Waals surface area contributed by atoms with E-state index in [2.05, 4.69) is 26.3 Å². The van der Waals surface area contributed by atoms with Crippen molar-refractivity contribution in [1.29, 1.82) is 0 Å². The monoisotopic (exact) mass is 438 g/mol.